The molecule has 1 fully saturated rings. The summed E-state index contributed by atoms with van der Waals surface area (Å²) in [6.07, 6.45) is 1.98. The summed E-state index contributed by atoms with van der Waals surface area (Å²) >= 11 is 3.41. The molecule has 1 heterocycles. The molecule has 148 valence electrons. The Hall–Kier alpha value is -2.57. The van der Waals surface area contributed by atoms with Crippen LogP contribution >= 0.6 is 23.1 Å². The highest BCUT2D eigenvalue weighted by Gasteiger charge is 2.29. The van der Waals surface area contributed by atoms with Gasteiger partial charge in [0.05, 0.1) is 5.56 Å². The summed E-state index contributed by atoms with van der Waals surface area (Å²) in [5.74, 6) is 1.07. The highest BCUT2D eigenvalue weighted by Crippen LogP contribution is 2.30. The number of thiophene rings is 1. The lowest BCUT2D eigenvalue weighted by atomic mass is 10.1. The van der Waals surface area contributed by atoms with Crippen molar-refractivity contribution in [2.24, 2.45) is 5.92 Å². The number of carbonyl (C=O) groups excluding carboxylic acids is 2. The quantitative estimate of drug-likeness (QED) is 0.483. The van der Waals surface area contributed by atoms with Crippen molar-refractivity contribution in [1.29, 1.82) is 0 Å². The number of hydrogen-bond donors (Lipinski definition) is 2. The number of carbonyl (C=O) groups is 2. The van der Waals surface area contributed by atoms with Crippen LogP contribution in [0.3, 0.4) is 0 Å². The molecule has 1 aromatic heterocycles. The maximum Gasteiger partial charge on any atom is 0.252 e. The molecule has 0 aliphatic heterocycles. The third-order valence-electron chi connectivity index (χ3n) is 4.70. The van der Waals surface area contributed by atoms with E-state index < -0.39 is 0 Å². The average Bonchev–Trinajstić information content (AvgIpc) is 3.48. The highest BCUT2D eigenvalue weighted by atomic mass is 32.2. The molecule has 0 atom stereocenters. The molecule has 1 saturated carbocycles. The molecule has 0 unspecified atom stereocenters. The van der Waals surface area contributed by atoms with E-state index in [0.717, 1.165) is 34.7 Å². The summed E-state index contributed by atoms with van der Waals surface area (Å²) in [6.45, 7) is 0.444. The zero-order chi connectivity index (χ0) is 20.1. The largest absolute Gasteiger partial charge is 0.348 e. The molecule has 0 saturated heterocycles. The number of benzene rings is 2. The fourth-order valence-corrected chi connectivity index (χ4v) is 4.72. The van der Waals surface area contributed by atoms with Gasteiger partial charge in [0, 0.05) is 33.7 Å². The van der Waals surface area contributed by atoms with Crippen LogP contribution in [0.1, 0.15) is 33.6 Å². The monoisotopic (exact) mass is 422 g/mol. The predicted octanol–water partition coefficient (Wildman–Crippen LogP) is 5.32. The van der Waals surface area contributed by atoms with Crippen LogP contribution in [-0.2, 0) is 17.1 Å². The first-order chi connectivity index (χ1) is 14.2. The Morgan fingerprint density at radius 2 is 1.79 bits per heavy atom. The topological polar surface area (TPSA) is 58.2 Å². The van der Waals surface area contributed by atoms with Crippen molar-refractivity contribution in [1.82, 2.24) is 5.32 Å². The molecule has 2 aromatic carbocycles. The van der Waals surface area contributed by atoms with Gasteiger partial charge in [-0.05, 0) is 54.1 Å². The minimum absolute atomic E-state index is 0.0783. The summed E-state index contributed by atoms with van der Waals surface area (Å²) in [5.41, 5.74) is 2.49. The van der Waals surface area contributed by atoms with E-state index in [1.807, 2.05) is 54.6 Å². The summed E-state index contributed by atoms with van der Waals surface area (Å²) in [4.78, 5) is 26.8. The van der Waals surface area contributed by atoms with Crippen LogP contribution in [0.2, 0.25) is 0 Å². The number of anilines is 1. The average molecular weight is 423 g/mol. The minimum atomic E-state index is -0.0783. The van der Waals surface area contributed by atoms with Gasteiger partial charge in [0.2, 0.25) is 5.91 Å². The van der Waals surface area contributed by atoms with E-state index in [4.69, 9.17) is 0 Å². The normalized spacial score (nSPS) is 13.1. The first-order valence-electron chi connectivity index (χ1n) is 9.61. The van der Waals surface area contributed by atoms with Gasteiger partial charge in [0.25, 0.3) is 5.91 Å². The molecule has 0 bridgehead atoms. The van der Waals surface area contributed by atoms with Crippen LogP contribution in [0.5, 0.6) is 0 Å². The van der Waals surface area contributed by atoms with Crippen molar-refractivity contribution < 1.29 is 9.59 Å². The van der Waals surface area contributed by atoms with Crippen LogP contribution in [0.25, 0.3) is 0 Å². The van der Waals surface area contributed by atoms with E-state index in [2.05, 4.69) is 22.1 Å². The van der Waals surface area contributed by atoms with Crippen LogP contribution in [0, 0.1) is 5.92 Å². The summed E-state index contributed by atoms with van der Waals surface area (Å²) < 4.78 is 0. The molecule has 4 rings (SSSR count). The van der Waals surface area contributed by atoms with Crippen molar-refractivity contribution in [2.45, 2.75) is 30.0 Å². The minimum Gasteiger partial charge on any atom is -0.348 e. The van der Waals surface area contributed by atoms with E-state index >= 15 is 0 Å². The lowest BCUT2D eigenvalue weighted by molar-refractivity contribution is -0.117. The summed E-state index contributed by atoms with van der Waals surface area (Å²) in [6, 6.07) is 19.5. The molecule has 4 nitrogen and oxygen atoms in total. The maximum atomic E-state index is 12.7. The van der Waals surface area contributed by atoms with Gasteiger partial charge in [-0.3, -0.25) is 9.59 Å². The second kappa shape index (κ2) is 9.29. The Kier molecular flexibility index (Phi) is 6.32. The van der Waals surface area contributed by atoms with Crippen LogP contribution in [0.15, 0.2) is 70.9 Å². The van der Waals surface area contributed by atoms with Gasteiger partial charge < -0.3 is 10.6 Å². The van der Waals surface area contributed by atoms with Gasteiger partial charge in [-0.1, -0.05) is 30.3 Å². The third-order valence-corrected chi connectivity index (χ3v) is 6.89. The molecule has 0 radical (unpaired) electrons. The molecule has 2 amide bonds. The molecule has 6 heteroatoms. The van der Waals surface area contributed by atoms with Crippen LogP contribution in [0.4, 0.5) is 5.69 Å². The number of amides is 2. The standard InChI is InChI=1S/C23H22N2O2S2/c26-22(17-9-10-17)25-18-11-7-16(8-12-18)14-24-23(27)20-5-1-2-6-21(20)29-15-19-4-3-13-28-19/h1-8,11-13,17H,9-10,14-15H2,(H,24,27)(H,25,26). The molecule has 3 aromatic rings. The third kappa shape index (κ3) is 5.49. The second-order valence-corrected chi connectivity index (χ2v) is 9.06. The number of rotatable bonds is 8. The molecule has 2 N–H and O–H groups in total. The first kappa shape index (κ1) is 19.7. The van der Waals surface area contributed by atoms with Gasteiger partial charge in [-0.25, -0.2) is 0 Å². The molecule has 29 heavy (non-hydrogen) atoms. The molecule has 1 aliphatic rings. The zero-order valence-electron chi connectivity index (χ0n) is 15.9. The Labute approximate surface area is 178 Å². The maximum absolute atomic E-state index is 12.7. The predicted molar refractivity (Wildman–Crippen MR) is 119 cm³/mol. The smallest absolute Gasteiger partial charge is 0.252 e. The van der Waals surface area contributed by atoms with Gasteiger partial charge >= 0.3 is 0 Å². The Bertz CT molecular complexity index is 980. The van der Waals surface area contributed by atoms with Crippen molar-refractivity contribution in [2.75, 3.05) is 5.32 Å². The van der Waals surface area contributed by atoms with E-state index in [1.165, 1.54) is 4.88 Å². The van der Waals surface area contributed by atoms with E-state index in [-0.39, 0.29) is 17.7 Å². The zero-order valence-corrected chi connectivity index (χ0v) is 17.5. The van der Waals surface area contributed by atoms with Crippen molar-refractivity contribution >= 4 is 40.6 Å². The number of thioether (sulfide) groups is 1. The molecular weight excluding hydrogens is 400 g/mol. The fraction of sp³-hybridized carbons (Fsp3) is 0.217. The van der Waals surface area contributed by atoms with E-state index in [1.54, 1.807) is 23.1 Å². The summed E-state index contributed by atoms with van der Waals surface area (Å²) in [7, 11) is 0. The van der Waals surface area contributed by atoms with Crippen molar-refractivity contribution in [3.63, 3.8) is 0 Å². The SMILES string of the molecule is O=C(NCc1ccc(NC(=O)C2CC2)cc1)c1ccccc1SCc1cccs1. The lowest BCUT2D eigenvalue weighted by Gasteiger charge is -2.10. The molecular formula is C23H22N2O2S2. The Morgan fingerprint density at radius 1 is 1.00 bits per heavy atom. The van der Waals surface area contributed by atoms with Gasteiger partial charge in [0.1, 0.15) is 0 Å². The highest BCUT2D eigenvalue weighted by molar-refractivity contribution is 7.98. The van der Waals surface area contributed by atoms with E-state index in [0.29, 0.717) is 12.1 Å². The van der Waals surface area contributed by atoms with E-state index in [9.17, 15) is 9.59 Å². The fourth-order valence-electron chi connectivity index (χ4n) is 2.90. The van der Waals surface area contributed by atoms with Gasteiger partial charge in [0.15, 0.2) is 0 Å². The number of hydrogen-bond acceptors (Lipinski definition) is 4. The molecule has 1 aliphatic carbocycles. The van der Waals surface area contributed by atoms with Gasteiger partial charge in [-0.2, -0.15) is 0 Å². The Morgan fingerprint density at radius 3 is 2.52 bits per heavy atom. The summed E-state index contributed by atoms with van der Waals surface area (Å²) in [5, 5.41) is 7.99. The first-order valence-corrected chi connectivity index (χ1v) is 11.5. The van der Waals surface area contributed by atoms with Gasteiger partial charge in [-0.15, -0.1) is 23.1 Å². The molecule has 0 spiro atoms. The number of nitrogens with one attached hydrogen (secondary N) is 2. The lowest BCUT2D eigenvalue weighted by Crippen LogP contribution is -2.23. The van der Waals surface area contributed by atoms with Crippen molar-refractivity contribution in [3.05, 3.63) is 82.0 Å². The second-order valence-electron chi connectivity index (χ2n) is 7.01. The Balaban J connectivity index is 1.32. The van der Waals surface area contributed by atoms with Crippen molar-refractivity contribution in [3.8, 4) is 0 Å². The van der Waals surface area contributed by atoms with Crippen LogP contribution < -0.4 is 10.6 Å². The van der Waals surface area contributed by atoms with Crippen LogP contribution in [-0.4, -0.2) is 11.8 Å².